The molecule has 1 aromatic rings. The Bertz CT molecular complexity index is 346. The molecule has 2 rings (SSSR count). The van der Waals surface area contributed by atoms with Crippen LogP contribution in [0.5, 0.6) is 11.5 Å². The minimum Gasteiger partial charge on any atom is -0.497 e. The average molecular weight is 192 g/mol. The maximum atomic E-state index is 10.8. The van der Waals surface area contributed by atoms with Crippen LogP contribution in [-0.2, 0) is 4.79 Å². The number of fused-ring (bicyclic) bond motifs is 1. The van der Waals surface area contributed by atoms with Gasteiger partial charge in [-0.2, -0.15) is 0 Å². The molecule has 3 nitrogen and oxygen atoms in total. The molecule has 0 aromatic heterocycles. The Morgan fingerprint density at radius 3 is 3.14 bits per heavy atom. The van der Waals surface area contributed by atoms with Crippen LogP contribution < -0.4 is 9.47 Å². The highest BCUT2D eigenvalue weighted by atomic mass is 16.5. The third kappa shape index (κ3) is 1.45. The summed E-state index contributed by atoms with van der Waals surface area (Å²) in [7, 11) is 1.61. The summed E-state index contributed by atoms with van der Waals surface area (Å²) >= 11 is 0. The van der Waals surface area contributed by atoms with Gasteiger partial charge in [0, 0.05) is 17.5 Å². The first-order valence-corrected chi connectivity index (χ1v) is 4.61. The summed E-state index contributed by atoms with van der Waals surface area (Å²) in [6.07, 6.45) is 1.75. The third-order valence-electron chi connectivity index (χ3n) is 2.47. The Hall–Kier alpha value is -1.51. The van der Waals surface area contributed by atoms with Crippen molar-refractivity contribution in [2.75, 3.05) is 13.7 Å². The van der Waals surface area contributed by atoms with E-state index < -0.39 is 0 Å². The summed E-state index contributed by atoms with van der Waals surface area (Å²) in [5, 5.41) is 0. The van der Waals surface area contributed by atoms with E-state index in [1.54, 1.807) is 7.11 Å². The summed E-state index contributed by atoms with van der Waals surface area (Å²) in [5.74, 6) is 1.51. The SMILES string of the molecule is COc1ccc2c(c1)OCC[C@H]2C=O. The molecular formula is C11H12O3. The van der Waals surface area contributed by atoms with E-state index in [0.717, 1.165) is 29.8 Å². The van der Waals surface area contributed by atoms with Crippen LogP contribution in [-0.4, -0.2) is 20.0 Å². The van der Waals surface area contributed by atoms with Gasteiger partial charge >= 0.3 is 0 Å². The van der Waals surface area contributed by atoms with Crippen molar-refractivity contribution >= 4 is 6.29 Å². The van der Waals surface area contributed by atoms with Gasteiger partial charge in [-0.15, -0.1) is 0 Å². The van der Waals surface area contributed by atoms with Gasteiger partial charge < -0.3 is 14.3 Å². The fourth-order valence-corrected chi connectivity index (χ4v) is 1.67. The lowest BCUT2D eigenvalue weighted by atomic mass is 9.94. The molecule has 0 fully saturated rings. The molecule has 1 aromatic carbocycles. The number of hydrogen-bond acceptors (Lipinski definition) is 3. The number of hydrogen-bond donors (Lipinski definition) is 0. The van der Waals surface area contributed by atoms with Gasteiger partial charge in [-0.3, -0.25) is 0 Å². The van der Waals surface area contributed by atoms with E-state index in [0.29, 0.717) is 6.61 Å². The number of methoxy groups -OCH3 is 1. The molecule has 14 heavy (non-hydrogen) atoms. The Morgan fingerprint density at radius 2 is 2.43 bits per heavy atom. The van der Waals surface area contributed by atoms with Crippen molar-refractivity contribution in [1.82, 2.24) is 0 Å². The molecule has 0 aliphatic carbocycles. The standard InChI is InChI=1S/C11H12O3/c1-13-9-2-3-10-8(7-12)4-5-14-11(10)6-9/h2-3,6-8H,4-5H2,1H3/t8-/m0/s1. The Balaban J connectivity index is 2.40. The highest BCUT2D eigenvalue weighted by molar-refractivity contribution is 5.65. The van der Waals surface area contributed by atoms with Crippen LogP contribution >= 0.6 is 0 Å². The maximum absolute atomic E-state index is 10.8. The molecule has 0 saturated heterocycles. The summed E-state index contributed by atoms with van der Waals surface area (Å²) in [4.78, 5) is 10.8. The monoisotopic (exact) mass is 192 g/mol. The van der Waals surface area contributed by atoms with Crippen molar-refractivity contribution in [1.29, 1.82) is 0 Å². The van der Waals surface area contributed by atoms with Gasteiger partial charge in [0.05, 0.1) is 13.7 Å². The molecule has 1 heterocycles. The second kappa shape index (κ2) is 3.70. The van der Waals surface area contributed by atoms with Crippen LogP contribution in [0.15, 0.2) is 18.2 Å². The molecule has 0 amide bonds. The molecular weight excluding hydrogens is 180 g/mol. The number of carbonyl (C=O) groups is 1. The summed E-state index contributed by atoms with van der Waals surface area (Å²) in [5.41, 5.74) is 0.965. The Morgan fingerprint density at radius 1 is 1.57 bits per heavy atom. The quantitative estimate of drug-likeness (QED) is 0.670. The molecule has 1 atom stereocenters. The summed E-state index contributed by atoms with van der Waals surface area (Å²) in [6.45, 7) is 0.601. The minimum absolute atomic E-state index is 0.0235. The summed E-state index contributed by atoms with van der Waals surface area (Å²) in [6, 6.07) is 5.57. The van der Waals surface area contributed by atoms with Gasteiger partial charge in [0.15, 0.2) is 0 Å². The Labute approximate surface area is 82.6 Å². The highest BCUT2D eigenvalue weighted by Gasteiger charge is 2.20. The zero-order valence-electron chi connectivity index (χ0n) is 8.03. The molecule has 0 spiro atoms. The first-order valence-electron chi connectivity index (χ1n) is 4.61. The first-order chi connectivity index (χ1) is 6.85. The molecule has 0 radical (unpaired) electrons. The lowest BCUT2D eigenvalue weighted by molar-refractivity contribution is -0.109. The number of ether oxygens (including phenoxy) is 2. The molecule has 3 heteroatoms. The second-order valence-electron chi connectivity index (χ2n) is 3.28. The van der Waals surface area contributed by atoms with E-state index >= 15 is 0 Å². The Kier molecular flexibility index (Phi) is 2.39. The third-order valence-corrected chi connectivity index (χ3v) is 2.47. The van der Waals surface area contributed by atoms with Gasteiger partial charge in [-0.25, -0.2) is 0 Å². The van der Waals surface area contributed by atoms with Gasteiger partial charge in [0.25, 0.3) is 0 Å². The van der Waals surface area contributed by atoms with Crippen molar-refractivity contribution < 1.29 is 14.3 Å². The number of benzene rings is 1. The van der Waals surface area contributed by atoms with Gasteiger partial charge in [-0.05, 0) is 12.5 Å². The average Bonchev–Trinajstić information content (AvgIpc) is 2.27. The number of rotatable bonds is 2. The van der Waals surface area contributed by atoms with Crippen molar-refractivity contribution in [3.8, 4) is 11.5 Å². The van der Waals surface area contributed by atoms with E-state index in [9.17, 15) is 4.79 Å². The van der Waals surface area contributed by atoms with E-state index in [1.165, 1.54) is 0 Å². The van der Waals surface area contributed by atoms with Crippen LogP contribution in [0.2, 0.25) is 0 Å². The predicted octanol–water partition coefficient (Wildman–Crippen LogP) is 1.76. The number of aldehydes is 1. The largest absolute Gasteiger partial charge is 0.497 e. The van der Waals surface area contributed by atoms with Crippen LogP contribution in [0.3, 0.4) is 0 Å². The summed E-state index contributed by atoms with van der Waals surface area (Å²) < 4.78 is 10.5. The zero-order chi connectivity index (χ0) is 9.97. The van der Waals surface area contributed by atoms with E-state index in [1.807, 2.05) is 18.2 Å². The van der Waals surface area contributed by atoms with E-state index in [-0.39, 0.29) is 5.92 Å². The molecule has 0 bridgehead atoms. The topological polar surface area (TPSA) is 35.5 Å². The minimum atomic E-state index is -0.0235. The normalized spacial score (nSPS) is 19.4. The lowest BCUT2D eigenvalue weighted by Gasteiger charge is -2.22. The molecule has 0 unspecified atom stereocenters. The molecule has 0 N–H and O–H groups in total. The van der Waals surface area contributed by atoms with Gasteiger partial charge in [0.2, 0.25) is 0 Å². The molecule has 1 aliphatic heterocycles. The second-order valence-corrected chi connectivity index (χ2v) is 3.28. The highest BCUT2D eigenvalue weighted by Crippen LogP contribution is 2.34. The molecule has 0 saturated carbocycles. The van der Waals surface area contributed by atoms with Crippen molar-refractivity contribution in [3.63, 3.8) is 0 Å². The predicted molar refractivity (Wildman–Crippen MR) is 51.9 cm³/mol. The van der Waals surface area contributed by atoms with Crippen molar-refractivity contribution in [3.05, 3.63) is 23.8 Å². The van der Waals surface area contributed by atoms with Crippen molar-refractivity contribution in [2.45, 2.75) is 12.3 Å². The van der Waals surface area contributed by atoms with Gasteiger partial charge in [-0.1, -0.05) is 6.07 Å². The van der Waals surface area contributed by atoms with Crippen LogP contribution in [0.1, 0.15) is 17.9 Å². The lowest BCUT2D eigenvalue weighted by Crippen LogP contribution is -2.14. The number of carbonyl (C=O) groups excluding carboxylic acids is 1. The first kappa shape index (κ1) is 9.06. The van der Waals surface area contributed by atoms with Crippen LogP contribution in [0.25, 0.3) is 0 Å². The van der Waals surface area contributed by atoms with Crippen LogP contribution in [0.4, 0.5) is 0 Å². The van der Waals surface area contributed by atoms with Crippen LogP contribution in [0, 0.1) is 0 Å². The van der Waals surface area contributed by atoms with E-state index in [4.69, 9.17) is 9.47 Å². The molecule has 1 aliphatic rings. The van der Waals surface area contributed by atoms with Crippen molar-refractivity contribution in [2.24, 2.45) is 0 Å². The fraction of sp³-hybridized carbons (Fsp3) is 0.364. The maximum Gasteiger partial charge on any atom is 0.127 e. The zero-order valence-corrected chi connectivity index (χ0v) is 8.03. The van der Waals surface area contributed by atoms with E-state index in [2.05, 4.69) is 0 Å². The molecule has 74 valence electrons. The van der Waals surface area contributed by atoms with Gasteiger partial charge in [0.1, 0.15) is 17.8 Å². The smallest absolute Gasteiger partial charge is 0.127 e. The fourth-order valence-electron chi connectivity index (χ4n) is 1.67.